The quantitative estimate of drug-likeness (QED) is 0.752. The molecule has 1 rings (SSSR count). The Balaban J connectivity index is 2.87. The molecule has 0 bridgehead atoms. The summed E-state index contributed by atoms with van der Waals surface area (Å²) in [5, 5.41) is -0.574. The number of ether oxygens (including phenoxy) is 1. The van der Waals surface area contributed by atoms with Crippen molar-refractivity contribution in [1.29, 1.82) is 0 Å². The minimum Gasteiger partial charge on any atom is -0.384 e. The van der Waals surface area contributed by atoms with E-state index in [0.717, 1.165) is 0 Å². The van der Waals surface area contributed by atoms with Crippen molar-refractivity contribution in [2.45, 2.75) is 12.2 Å². The fraction of sp³-hybridized carbons (Fsp3) is 0.417. The van der Waals surface area contributed by atoms with Gasteiger partial charge in [-0.1, -0.05) is 11.6 Å². The monoisotopic (exact) mass is 290 g/mol. The predicted octanol–water partition coefficient (Wildman–Crippen LogP) is 1.97. The Morgan fingerprint density at radius 2 is 1.89 bits per heavy atom. The van der Waals surface area contributed by atoms with Gasteiger partial charge >= 0.3 is 0 Å². The Morgan fingerprint density at radius 3 is 2.39 bits per heavy atom. The van der Waals surface area contributed by atoms with E-state index in [1.54, 1.807) is 12.1 Å². The SMILES string of the molecule is COCCS(=O)(=O)C(C)C(=O)c1ccc(Cl)cc1. The lowest BCUT2D eigenvalue weighted by Gasteiger charge is -2.11. The molecule has 0 amide bonds. The lowest BCUT2D eigenvalue weighted by atomic mass is 10.1. The largest absolute Gasteiger partial charge is 0.384 e. The third-order valence-electron chi connectivity index (χ3n) is 2.61. The highest BCUT2D eigenvalue weighted by atomic mass is 35.5. The zero-order chi connectivity index (χ0) is 13.8. The molecule has 0 aliphatic carbocycles. The van der Waals surface area contributed by atoms with Gasteiger partial charge in [0.15, 0.2) is 15.6 Å². The highest BCUT2D eigenvalue weighted by Crippen LogP contribution is 2.14. The number of sulfone groups is 1. The second-order valence-corrected chi connectivity index (χ2v) is 6.75. The molecular weight excluding hydrogens is 276 g/mol. The maximum atomic E-state index is 12.0. The second-order valence-electron chi connectivity index (χ2n) is 3.87. The maximum absolute atomic E-state index is 12.0. The standard InChI is InChI=1S/C12H15ClO4S/c1-9(18(15,16)8-7-17-2)12(14)10-3-5-11(13)6-4-10/h3-6,9H,7-8H2,1-2H3. The molecule has 0 saturated carbocycles. The van der Waals surface area contributed by atoms with Crippen LogP contribution in [0.1, 0.15) is 17.3 Å². The van der Waals surface area contributed by atoms with Gasteiger partial charge in [0.1, 0.15) is 5.25 Å². The molecule has 1 unspecified atom stereocenters. The van der Waals surface area contributed by atoms with E-state index in [9.17, 15) is 13.2 Å². The number of Topliss-reactive ketones (excluding diaryl/α,β-unsaturated/α-hetero) is 1. The minimum atomic E-state index is -3.49. The Hall–Kier alpha value is -0.910. The van der Waals surface area contributed by atoms with E-state index >= 15 is 0 Å². The molecule has 0 radical (unpaired) electrons. The summed E-state index contributed by atoms with van der Waals surface area (Å²) in [6.07, 6.45) is 0. The van der Waals surface area contributed by atoms with Crippen molar-refractivity contribution in [3.63, 3.8) is 0 Å². The number of methoxy groups -OCH3 is 1. The van der Waals surface area contributed by atoms with Crippen LogP contribution in [0, 0.1) is 0 Å². The van der Waals surface area contributed by atoms with Crippen LogP contribution in [0.25, 0.3) is 0 Å². The second kappa shape index (κ2) is 6.31. The lowest BCUT2D eigenvalue weighted by molar-refractivity contribution is 0.0991. The molecule has 1 atom stereocenters. The number of halogens is 1. The van der Waals surface area contributed by atoms with E-state index in [4.69, 9.17) is 16.3 Å². The third-order valence-corrected chi connectivity index (χ3v) is 4.89. The van der Waals surface area contributed by atoms with E-state index < -0.39 is 20.9 Å². The smallest absolute Gasteiger partial charge is 0.180 e. The normalized spacial score (nSPS) is 13.3. The van der Waals surface area contributed by atoms with Crippen LogP contribution in [-0.4, -0.2) is 38.9 Å². The van der Waals surface area contributed by atoms with Crippen molar-refractivity contribution < 1.29 is 17.9 Å². The van der Waals surface area contributed by atoms with Crippen LogP contribution < -0.4 is 0 Å². The van der Waals surface area contributed by atoms with Crippen LogP contribution >= 0.6 is 11.6 Å². The van der Waals surface area contributed by atoms with Crippen molar-refractivity contribution in [2.75, 3.05) is 19.5 Å². The molecule has 18 heavy (non-hydrogen) atoms. The number of carbonyl (C=O) groups is 1. The van der Waals surface area contributed by atoms with Gasteiger partial charge in [-0.2, -0.15) is 0 Å². The van der Waals surface area contributed by atoms with E-state index in [1.807, 2.05) is 0 Å². The Kier molecular flexibility index (Phi) is 5.31. The third kappa shape index (κ3) is 3.80. The van der Waals surface area contributed by atoms with Gasteiger partial charge < -0.3 is 4.74 Å². The molecule has 0 spiro atoms. The van der Waals surface area contributed by atoms with E-state index in [-0.39, 0.29) is 12.4 Å². The van der Waals surface area contributed by atoms with Gasteiger partial charge in [-0.3, -0.25) is 4.79 Å². The predicted molar refractivity (Wildman–Crippen MR) is 70.9 cm³/mol. The van der Waals surface area contributed by atoms with Crippen molar-refractivity contribution in [2.24, 2.45) is 0 Å². The van der Waals surface area contributed by atoms with Gasteiger partial charge in [0.25, 0.3) is 0 Å². The summed E-state index contributed by atoms with van der Waals surface area (Å²) in [4.78, 5) is 12.0. The molecular formula is C12H15ClO4S. The number of ketones is 1. The van der Waals surface area contributed by atoms with Crippen LogP contribution in [0.4, 0.5) is 0 Å². The lowest BCUT2D eigenvalue weighted by Crippen LogP contribution is -2.30. The van der Waals surface area contributed by atoms with Gasteiger partial charge in [-0.15, -0.1) is 0 Å². The highest BCUT2D eigenvalue weighted by Gasteiger charge is 2.28. The van der Waals surface area contributed by atoms with Crippen molar-refractivity contribution >= 4 is 27.2 Å². The van der Waals surface area contributed by atoms with Crippen molar-refractivity contribution in [3.05, 3.63) is 34.9 Å². The van der Waals surface area contributed by atoms with Crippen LogP contribution in [0.3, 0.4) is 0 Å². The summed E-state index contributed by atoms with van der Waals surface area (Å²) in [5.74, 6) is -0.591. The molecule has 0 aliphatic rings. The molecule has 0 aromatic heterocycles. The maximum Gasteiger partial charge on any atom is 0.180 e. The fourth-order valence-electron chi connectivity index (χ4n) is 1.39. The van der Waals surface area contributed by atoms with Gasteiger partial charge in [0.05, 0.1) is 12.4 Å². The van der Waals surface area contributed by atoms with Gasteiger partial charge in [0.2, 0.25) is 0 Å². The van der Waals surface area contributed by atoms with Crippen LogP contribution in [0.2, 0.25) is 5.02 Å². The van der Waals surface area contributed by atoms with E-state index in [2.05, 4.69) is 0 Å². The summed E-state index contributed by atoms with van der Waals surface area (Å²) in [6, 6.07) is 6.16. The summed E-state index contributed by atoms with van der Waals surface area (Å²) < 4.78 is 28.4. The fourth-order valence-corrected chi connectivity index (χ4v) is 2.73. The summed E-state index contributed by atoms with van der Waals surface area (Å²) in [6.45, 7) is 1.47. The average Bonchev–Trinajstić information content (AvgIpc) is 2.35. The average molecular weight is 291 g/mol. The molecule has 1 aromatic rings. The molecule has 6 heteroatoms. The molecule has 4 nitrogen and oxygen atoms in total. The summed E-state index contributed by atoms with van der Waals surface area (Å²) >= 11 is 5.71. The molecule has 0 heterocycles. The van der Waals surface area contributed by atoms with E-state index in [0.29, 0.717) is 10.6 Å². The molecule has 100 valence electrons. The first-order chi connectivity index (χ1) is 8.38. The Bertz CT molecular complexity index is 507. The number of hydrogen-bond donors (Lipinski definition) is 0. The first kappa shape index (κ1) is 15.1. The number of benzene rings is 1. The van der Waals surface area contributed by atoms with Crippen LogP contribution in [0.5, 0.6) is 0 Å². The number of carbonyl (C=O) groups excluding carboxylic acids is 1. The number of rotatable bonds is 6. The molecule has 0 aliphatic heterocycles. The topological polar surface area (TPSA) is 60.4 Å². The Labute approximate surface area is 112 Å². The van der Waals surface area contributed by atoms with Crippen molar-refractivity contribution in [1.82, 2.24) is 0 Å². The van der Waals surface area contributed by atoms with Gasteiger partial charge in [-0.25, -0.2) is 8.42 Å². The van der Waals surface area contributed by atoms with Crippen LogP contribution in [-0.2, 0) is 14.6 Å². The molecule has 0 fully saturated rings. The first-order valence-corrected chi connectivity index (χ1v) is 7.48. The molecule has 0 saturated heterocycles. The zero-order valence-electron chi connectivity index (χ0n) is 10.2. The van der Waals surface area contributed by atoms with E-state index in [1.165, 1.54) is 26.2 Å². The zero-order valence-corrected chi connectivity index (χ0v) is 11.8. The van der Waals surface area contributed by atoms with Crippen LogP contribution in [0.15, 0.2) is 24.3 Å². The summed E-state index contributed by atoms with van der Waals surface area (Å²) in [5.41, 5.74) is 0.341. The highest BCUT2D eigenvalue weighted by molar-refractivity contribution is 7.92. The number of hydrogen-bond acceptors (Lipinski definition) is 4. The van der Waals surface area contributed by atoms with Gasteiger partial charge in [0, 0.05) is 17.7 Å². The molecule has 1 aromatic carbocycles. The minimum absolute atomic E-state index is 0.0839. The van der Waals surface area contributed by atoms with Crippen molar-refractivity contribution in [3.8, 4) is 0 Å². The summed E-state index contributed by atoms with van der Waals surface area (Å²) in [7, 11) is -2.07. The Morgan fingerprint density at radius 1 is 1.33 bits per heavy atom. The first-order valence-electron chi connectivity index (χ1n) is 5.39. The van der Waals surface area contributed by atoms with Gasteiger partial charge in [-0.05, 0) is 31.2 Å². The molecule has 0 N–H and O–H groups in total.